The quantitative estimate of drug-likeness (QED) is 0.737. The van der Waals surface area contributed by atoms with Gasteiger partial charge in [0.1, 0.15) is 6.04 Å². The van der Waals surface area contributed by atoms with Gasteiger partial charge in [-0.3, -0.25) is 4.79 Å². The third-order valence-electron chi connectivity index (χ3n) is 3.95. The van der Waals surface area contributed by atoms with Crippen LogP contribution in [0.2, 0.25) is 5.02 Å². The predicted molar refractivity (Wildman–Crippen MR) is 85.2 cm³/mol. The van der Waals surface area contributed by atoms with Crippen LogP contribution in [0.5, 0.6) is 0 Å². The Morgan fingerprint density at radius 3 is 2.73 bits per heavy atom. The van der Waals surface area contributed by atoms with Gasteiger partial charge in [-0.2, -0.15) is 0 Å². The van der Waals surface area contributed by atoms with Crippen molar-refractivity contribution in [2.24, 2.45) is 0 Å². The van der Waals surface area contributed by atoms with Crippen molar-refractivity contribution in [1.29, 1.82) is 0 Å². The molecule has 1 aromatic carbocycles. The number of aliphatic carboxylic acids is 1. The molecule has 3 rings (SSSR count). The van der Waals surface area contributed by atoms with E-state index in [2.05, 4.69) is 29.7 Å². The minimum atomic E-state index is -0.944. The minimum Gasteiger partial charge on any atom is -0.480 e. The van der Waals surface area contributed by atoms with Gasteiger partial charge in [0.15, 0.2) is 0 Å². The Kier molecular flexibility index (Phi) is 5.80. The molecular weight excluding hydrogens is 304 g/mol. The van der Waals surface area contributed by atoms with Crippen LogP contribution in [0.3, 0.4) is 0 Å². The normalized spacial score (nSPS) is 23.6. The lowest BCUT2D eigenvalue weighted by Gasteiger charge is -2.11. The largest absolute Gasteiger partial charge is 0.480 e. The highest BCUT2D eigenvalue weighted by Crippen LogP contribution is 2.25. The average Bonchev–Trinajstić information content (AvgIpc) is 2.84. The smallest absolute Gasteiger partial charge is 0.326 e. The maximum absolute atomic E-state index is 10.4. The molecule has 2 heterocycles. The van der Waals surface area contributed by atoms with Crippen molar-refractivity contribution in [3.05, 3.63) is 34.3 Å². The maximum atomic E-state index is 10.4. The Bertz CT molecular complexity index is 562. The first kappa shape index (κ1) is 16.8. The molecule has 0 radical (unpaired) electrons. The van der Waals surface area contributed by atoms with E-state index in [-0.39, 0.29) is 5.91 Å². The Morgan fingerprint density at radius 2 is 2.14 bits per heavy atom. The number of fused-ring (bicyclic) bond motifs is 1. The van der Waals surface area contributed by atoms with Crippen molar-refractivity contribution in [3.8, 4) is 0 Å². The highest BCUT2D eigenvalue weighted by molar-refractivity contribution is 6.30. The number of carbonyl (C=O) groups excluding carboxylic acids is 1. The van der Waals surface area contributed by atoms with E-state index in [0.29, 0.717) is 18.8 Å². The number of rotatable bonds is 1. The van der Waals surface area contributed by atoms with Crippen molar-refractivity contribution in [1.82, 2.24) is 10.6 Å². The zero-order chi connectivity index (χ0) is 16.1. The molecule has 2 aliphatic heterocycles. The van der Waals surface area contributed by atoms with Crippen LogP contribution in [-0.4, -0.2) is 36.1 Å². The molecule has 2 aliphatic rings. The van der Waals surface area contributed by atoms with E-state index in [4.69, 9.17) is 16.7 Å². The van der Waals surface area contributed by atoms with Gasteiger partial charge in [-0.25, -0.2) is 4.79 Å². The third kappa shape index (κ3) is 4.45. The number of carbonyl (C=O) groups is 2. The summed E-state index contributed by atoms with van der Waals surface area (Å²) in [6.07, 6.45) is 1.89. The molecule has 6 heteroatoms. The van der Waals surface area contributed by atoms with Crippen LogP contribution < -0.4 is 10.6 Å². The van der Waals surface area contributed by atoms with Gasteiger partial charge in [0, 0.05) is 18.0 Å². The molecule has 1 fully saturated rings. The van der Waals surface area contributed by atoms with Gasteiger partial charge in [-0.1, -0.05) is 24.6 Å². The van der Waals surface area contributed by atoms with Gasteiger partial charge >= 0.3 is 5.97 Å². The van der Waals surface area contributed by atoms with E-state index < -0.39 is 12.0 Å². The van der Waals surface area contributed by atoms with Gasteiger partial charge in [0.05, 0.1) is 0 Å². The monoisotopic (exact) mass is 324 g/mol. The summed E-state index contributed by atoms with van der Waals surface area (Å²) in [6, 6.07) is 5.60. The van der Waals surface area contributed by atoms with Crippen molar-refractivity contribution >= 4 is 23.5 Å². The molecule has 0 aliphatic carbocycles. The molecule has 0 saturated carbocycles. The van der Waals surface area contributed by atoms with Crippen LogP contribution >= 0.6 is 11.6 Å². The van der Waals surface area contributed by atoms with Crippen LogP contribution in [0.4, 0.5) is 0 Å². The lowest BCUT2D eigenvalue weighted by atomic mass is 9.96. The number of carboxylic acid groups (broad SMARTS) is 1. The molecule has 22 heavy (non-hydrogen) atoms. The second-order valence-electron chi connectivity index (χ2n) is 5.70. The number of amides is 1. The van der Waals surface area contributed by atoms with Gasteiger partial charge in [0.25, 0.3) is 0 Å². The summed E-state index contributed by atoms with van der Waals surface area (Å²) in [6.45, 7) is 4.39. The van der Waals surface area contributed by atoms with Crippen LogP contribution in [0.1, 0.15) is 36.8 Å². The number of halogens is 1. The lowest BCUT2D eigenvalue weighted by Crippen LogP contribution is -2.32. The van der Waals surface area contributed by atoms with E-state index >= 15 is 0 Å². The van der Waals surface area contributed by atoms with E-state index in [1.165, 1.54) is 11.1 Å². The molecule has 1 aromatic rings. The van der Waals surface area contributed by atoms with Crippen molar-refractivity contribution in [3.63, 3.8) is 0 Å². The second-order valence-corrected chi connectivity index (χ2v) is 6.13. The van der Waals surface area contributed by atoms with Gasteiger partial charge < -0.3 is 15.7 Å². The summed E-state index contributed by atoms with van der Waals surface area (Å²) in [5.74, 6) is -0.528. The third-order valence-corrected chi connectivity index (χ3v) is 4.19. The Labute approximate surface area is 135 Å². The van der Waals surface area contributed by atoms with Crippen molar-refractivity contribution in [2.45, 2.75) is 38.1 Å². The summed E-state index contributed by atoms with van der Waals surface area (Å²) in [5, 5.41) is 14.9. The summed E-state index contributed by atoms with van der Waals surface area (Å²) in [7, 11) is 0. The molecule has 0 aromatic heterocycles. The number of hydrogen-bond donors (Lipinski definition) is 3. The highest BCUT2D eigenvalue weighted by Gasteiger charge is 2.26. The summed E-state index contributed by atoms with van der Waals surface area (Å²) < 4.78 is 0. The number of nitrogens with one attached hydrogen (secondary N) is 2. The van der Waals surface area contributed by atoms with E-state index in [0.717, 1.165) is 24.5 Å². The minimum absolute atomic E-state index is 0.164. The van der Waals surface area contributed by atoms with Crippen molar-refractivity contribution < 1.29 is 14.7 Å². The fourth-order valence-electron chi connectivity index (χ4n) is 2.70. The standard InChI is InChI=1S/C11H14ClN.C5H7NO3/c1-8-7-13-5-4-9-2-3-10(12)6-11(8)9;7-4-2-1-3(6-4)5(8)9/h2-3,6,8,13H,4-5,7H2,1H3;3H,1-2H2,(H,6,7)(H,8,9)/t8-;3-/m00/s1. The van der Waals surface area contributed by atoms with Crippen LogP contribution in [-0.2, 0) is 16.0 Å². The van der Waals surface area contributed by atoms with Gasteiger partial charge in [-0.05, 0) is 48.6 Å². The fourth-order valence-corrected chi connectivity index (χ4v) is 2.88. The molecule has 3 N–H and O–H groups in total. The second kappa shape index (κ2) is 7.61. The van der Waals surface area contributed by atoms with Crippen LogP contribution in [0.15, 0.2) is 18.2 Å². The highest BCUT2D eigenvalue weighted by atomic mass is 35.5. The molecule has 120 valence electrons. The Morgan fingerprint density at radius 1 is 1.36 bits per heavy atom. The molecule has 2 atom stereocenters. The molecule has 5 nitrogen and oxygen atoms in total. The molecule has 0 bridgehead atoms. The lowest BCUT2D eigenvalue weighted by molar-refractivity contribution is -0.140. The van der Waals surface area contributed by atoms with E-state index in [1.54, 1.807) is 0 Å². The van der Waals surface area contributed by atoms with Gasteiger partial charge in [-0.15, -0.1) is 0 Å². The zero-order valence-corrected chi connectivity index (χ0v) is 13.3. The zero-order valence-electron chi connectivity index (χ0n) is 12.6. The van der Waals surface area contributed by atoms with Crippen molar-refractivity contribution in [2.75, 3.05) is 13.1 Å². The average molecular weight is 325 g/mol. The molecular formula is C16H21ClN2O3. The summed E-state index contributed by atoms with van der Waals surface area (Å²) in [5.41, 5.74) is 2.86. The first-order valence-corrected chi connectivity index (χ1v) is 7.86. The Balaban J connectivity index is 0.000000172. The van der Waals surface area contributed by atoms with Gasteiger partial charge in [0.2, 0.25) is 5.91 Å². The first-order valence-electron chi connectivity index (χ1n) is 7.48. The van der Waals surface area contributed by atoms with Crippen LogP contribution in [0, 0.1) is 0 Å². The molecule has 0 spiro atoms. The molecule has 1 saturated heterocycles. The first-order chi connectivity index (χ1) is 10.5. The van der Waals surface area contributed by atoms with E-state index in [1.807, 2.05) is 6.07 Å². The topological polar surface area (TPSA) is 78.4 Å². The van der Waals surface area contributed by atoms with E-state index in [9.17, 15) is 9.59 Å². The molecule has 1 amide bonds. The SMILES string of the molecule is C[C@H]1CNCCc2ccc(Cl)cc21.O=C1CC[C@@H](C(=O)O)N1. The Hall–Kier alpha value is -1.59. The fraction of sp³-hybridized carbons (Fsp3) is 0.500. The summed E-state index contributed by atoms with van der Waals surface area (Å²) in [4.78, 5) is 20.5. The number of carboxylic acids is 1. The molecule has 0 unspecified atom stereocenters. The summed E-state index contributed by atoms with van der Waals surface area (Å²) >= 11 is 5.97. The number of hydrogen-bond acceptors (Lipinski definition) is 3. The van der Waals surface area contributed by atoms with Crippen LogP contribution in [0.25, 0.3) is 0 Å². The predicted octanol–water partition coefficient (Wildman–Crippen LogP) is 1.94. The maximum Gasteiger partial charge on any atom is 0.326 e. The number of benzene rings is 1.